The summed E-state index contributed by atoms with van der Waals surface area (Å²) in [5.41, 5.74) is 4.10. The number of quaternary nitrogens is 1. The van der Waals surface area contributed by atoms with Gasteiger partial charge in [-0.3, -0.25) is 0 Å². The lowest BCUT2D eigenvalue weighted by atomic mass is 9.71. The summed E-state index contributed by atoms with van der Waals surface area (Å²) in [4.78, 5) is 25.0. The third kappa shape index (κ3) is 4.11. The van der Waals surface area contributed by atoms with Gasteiger partial charge in [0.1, 0.15) is 12.6 Å². The van der Waals surface area contributed by atoms with Crippen molar-refractivity contribution in [3.05, 3.63) is 59.7 Å². The van der Waals surface area contributed by atoms with E-state index in [1.807, 2.05) is 31.2 Å². The molecule has 2 aromatic carbocycles. The Morgan fingerprint density at radius 2 is 1.72 bits per heavy atom. The van der Waals surface area contributed by atoms with Crippen molar-refractivity contribution < 1.29 is 23.9 Å². The average Bonchev–Trinajstić information content (AvgIpc) is 3.09. The summed E-state index contributed by atoms with van der Waals surface area (Å²) in [5.74, 6) is -1.05. The maximum atomic E-state index is 12.8. The Kier molecular flexibility index (Phi) is 5.99. The van der Waals surface area contributed by atoms with Gasteiger partial charge in [-0.05, 0) is 41.5 Å². The van der Waals surface area contributed by atoms with Gasteiger partial charge in [-0.2, -0.15) is 0 Å². The van der Waals surface area contributed by atoms with Crippen LogP contribution in [0.4, 0.5) is 4.79 Å². The second-order valence-electron chi connectivity index (χ2n) is 9.88. The van der Waals surface area contributed by atoms with E-state index in [1.165, 1.54) is 0 Å². The zero-order valence-electron chi connectivity index (χ0n) is 19.1. The Morgan fingerprint density at radius 1 is 1.12 bits per heavy atom. The van der Waals surface area contributed by atoms with Crippen LogP contribution in [0.5, 0.6) is 0 Å². The fourth-order valence-electron chi connectivity index (χ4n) is 5.83. The van der Waals surface area contributed by atoms with Crippen molar-refractivity contribution in [2.45, 2.75) is 38.1 Å². The summed E-state index contributed by atoms with van der Waals surface area (Å²) in [5, 5.41) is 12.7. The molecule has 1 aliphatic heterocycles. The van der Waals surface area contributed by atoms with Gasteiger partial charge in [-0.1, -0.05) is 55.5 Å². The average molecular weight is 438 g/mol. The van der Waals surface area contributed by atoms with Gasteiger partial charge in [-0.15, -0.1) is 0 Å². The SMILES string of the molecule is CC[C@@]1([C@H](NC(=O)OCC2c3ccccc3-c3ccccc32)C(=O)O)CCC[N+](C)(C)C1. The van der Waals surface area contributed by atoms with Gasteiger partial charge >= 0.3 is 12.1 Å². The molecule has 0 saturated carbocycles. The van der Waals surface area contributed by atoms with E-state index in [2.05, 4.69) is 43.7 Å². The smallest absolute Gasteiger partial charge is 0.407 e. The Labute approximate surface area is 189 Å². The number of ether oxygens (including phenoxy) is 1. The molecule has 32 heavy (non-hydrogen) atoms. The van der Waals surface area contributed by atoms with E-state index in [-0.39, 0.29) is 12.5 Å². The number of benzene rings is 2. The van der Waals surface area contributed by atoms with Crippen molar-refractivity contribution in [2.24, 2.45) is 5.41 Å². The standard InChI is InChI=1S/C26H32N2O4/c1-4-26(14-9-15-28(2,3)17-26)23(24(29)30)27-25(31)32-16-22-20-12-7-5-10-18(20)19-11-6-8-13-21(19)22/h5-8,10-13,22-23H,4,9,14-17H2,1-3H3,(H-,27,29,30,31)/p+1/t23-,26-/m1/s1. The minimum Gasteiger partial charge on any atom is -0.480 e. The lowest BCUT2D eigenvalue weighted by Crippen LogP contribution is -2.62. The third-order valence-electron chi connectivity index (χ3n) is 7.35. The largest absolute Gasteiger partial charge is 0.480 e. The van der Waals surface area contributed by atoms with Crippen LogP contribution in [0.25, 0.3) is 11.1 Å². The lowest BCUT2D eigenvalue weighted by Gasteiger charge is -2.48. The van der Waals surface area contributed by atoms with Crippen molar-refractivity contribution in [2.75, 3.05) is 33.8 Å². The Balaban J connectivity index is 1.49. The number of piperidine rings is 1. The molecule has 1 heterocycles. The minimum atomic E-state index is -0.998. The summed E-state index contributed by atoms with van der Waals surface area (Å²) >= 11 is 0. The number of aliphatic carboxylic acids is 1. The van der Waals surface area contributed by atoms with Crippen LogP contribution in [0.3, 0.4) is 0 Å². The number of nitrogens with one attached hydrogen (secondary N) is 1. The van der Waals surface area contributed by atoms with Gasteiger partial charge in [0.25, 0.3) is 0 Å². The van der Waals surface area contributed by atoms with E-state index >= 15 is 0 Å². The molecule has 2 atom stereocenters. The monoisotopic (exact) mass is 437 g/mol. The summed E-state index contributed by atoms with van der Waals surface area (Å²) in [6, 6.07) is 15.3. The Morgan fingerprint density at radius 3 is 2.25 bits per heavy atom. The molecule has 1 aliphatic carbocycles. The van der Waals surface area contributed by atoms with Crippen molar-refractivity contribution in [1.29, 1.82) is 0 Å². The highest BCUT2D eigenvalue weighted by molar-refractivity contribution is 5.81. The normalized spacial score (nSPS) is 22.5. The van der Waals surface area contributed by atoms with Gasteiger partial charge in [0.15, 0.2) is 0 Å². The minimum absolute atomic E-state index is 0.0538. The molecule has 1 amide bonds. The fourth-order valence-corrected chi connectivity index (χ4v) is 5.83. The number of amides is 1. The molecule has 0 radical (unpaired) electrons. The topological polar surface area (TPSA) is 75.6 Å². The molecule has 1 fully saturated rings. The first-order valence-electron chi connectivity index (χ1n) is 11.4. The van der Waals surface area contributed by atoms with Crippen molar-refractivity contribution in [1.82, 2.24) is 5.32 Å². The van der Waals surface area contributed by atoms with Crippen LogP contribution in [0.1, 0.15) is 43.2 Å². The van der Waals surface area contributed by atoms with Crippen molar-refractivity contribution in [3.8, 4) is 11.1 Å². The molecule has 4 rings (SSSR count). The number of rotatable bonds is 6. The van der Waals surface area contributed by atoms with E-state index in [1.54, 1.807) is 0 Å². The van der Waals surface area contributed by atoms with Crippen LogP contribution in [-0.4, -0.2) is 61.5 Å². The van der Waals surface area contributed by atoms with Gasteiger partial charge in [0, 0.05) is 5.92 Å². The van der Waals surface area contributed by atoms with E-state index in [9.17, 15) is 14.7 Å². The summed E-state index contributed by atoms with van der Waals surface area (Å²) < 4.78 is 6.39. The third-order valence-corrected chi connectivity index (χ3v) is 7.35. The fraction of sp³-hybridized carbons (Fsp3) is 0.462. The zero-order chi connectivity index (χ0) is 22.9. The number of fused-ring (bicyclic) bond motifs is 3. The predicted octanol–water partition coefficient (Wildman–Crippen LogP) is 4.24. The Hall–Kier alpha value is -2.86. The summed E-state index contributed by atoms with van der Waals surface area (Å²) in [7, 11) is 4.24. The molecule has 1 saturated heterocycles. The van der Waals surface area contributed by atoms with Crippen LogP contribution in [0, 0.1) is 5.41 Å². The first-order valence-corrected chi connectivity index (χ1v) is 11.4. The number of carboxylic acid groups (broad SMARTS) is 1. The Bertz CT molecular complexity index is 973. The molecule has 170 valence electrons. The van der Waals surface area contributed by atoms with Crippen LogP contribution in [0.15, 0.2) is 48.5 Å². The van der Waals surface area contributed by atoms with Crippen molar-refractivity contribution in [3.63, 3.8) is 0 Å². The molecule has 6 nitrogen and oxygen atoms in total. The highest BCUT2D eigenvalue weighted by Crippen LogP contribution is 2.44. The molecule has 0 spiro atoms. The molecule has 2 N–H and O–H groups in total. The van der Waals surface area contributed by atoms with Crippen LogP contribution < -0.4 is 5.32 Å². The summed E-state index contributed by atoms with van der Waals surface area (Å²) in [6.07, 6.45) is 1.75. The van der Waals surface area contributed by atoms with Gasteiger partial charge < -0.3 is 19.6 Å². The molecule has 2 aromatic rings. The van der Waals surface area contributed by atoms with Crippen LogP contribution >= 0.6 is 0 Å². The molecule has 0 bridgehead atoms. The second kappa shape index (κ2) is 8.58. The van der Waals surface area contributed by atoms with E-state index < -0.39 is 23.5 Å². The van der Waals surface area contributed by atoms with Crippen LogP contribution in [0.2, 0.25) is 0 Å². The van der Waals surface area contributed by atoms with Gasteiger partial charge in [-0.25, -0.2) is 9.59 Å². The van der Waals surface area contributed by atoms with E-state index in [0.29, 0.717) is 13.0 Å². The second-order valence-corrected chi connectivity index (χ2v) is 9.88. The molecule has 0 unspecified atom stereocenters. The number of hydrogen-bond donors (Lipinski definition) is 2. The van der Waals surface area contributed by atoms with Crippen LogP contribution in [-0.2, 0) is 9.53 Å². The molecular weight excluding hydrogens is 404 g/mol. The van der Waals surface area contributed by atoms with E-state index in [4.69, 9.17) is 4.74 Å². The number of alkyl carbamates (subject to hydrolysis) is 1. The van der Waals surface area contributed by atoms with Crippen molar-refractivity contribution >= 4 is 12.1 Å². The maximum absolute atomic E-state index is 12.8. The molecular formula is C26H33N2O4+. The zero-order valence-corrected chi connectivity index (χ0v) is 19.1. The quantitative estimate of drug-likeness (QED) is 0.663. The summed E-state index contributed by atoms with van der Waals surface area (Å²) in [6.45, 7) is 3.91. The predicted molar refractivity (Wildman–Crippen MR) is 123 cm³/mol. The molecule has 2 aliphatic rings. The number of nitrogens with zero attached hydrogens (tertiary/aromatic N) is 1. The number of carboxylic acids is 1. The molecule has 0 aromatic heterocycles. The first kappa shape index (κ1) is 22.3. The van der Waals surface area contributed by atoms with Gasteiger partial charge in [0.05, 0.1) is 32.6 Å². The number of likely N-dealkylation sites (tertiary alicyclic amines) is 1. The lowest BCUT2D eigenvalue weighted by molar-refractivity contribution is -0.903. The maximum Gasteiger partial charge on any atom is 0.407 e. The highest BCUT2D eigenvalue weighted by Gasteiger charge is 2.49. The number of carbonyl (C=O) groups excluding carboxylic acids is 1. The number of carbonyl (C=O) groups is 2. The highest BCUT2D eigenvalue weighted by atomic mass is 16.5. The number of hydrogen-bond acceptors (Lipinski definition) is 3. The first-order chi connectivity index (χ1) is 15.3. The van der Waals surface area contributed by atoms with Gasteiger partial charge in [0.2, 0.25) is 0 Å². The van der Waals surface area contributed by atoms with E-state index in [0.717, 1.165) is 46.1 Å². The molecule has 6 heteroatoms.